The Morgan fingerprint density at radius 3 is 2.60 bits per heavy atom. The lowest BCUT2D eigenvalue weighted by Gasteiger charge is -2.04. The van der Waals surface area contributed by atoms with Crippen molar-refractivity contribution < 1.29 is 9.53 Å². The second-order valence-electron chi connectivity index (χ2n) is 3.14. The molecule has 1 saturated carbocycles. The fourth-order valence-electron chi connectivity index (χ4n) is 1.59. The Kier molecular flexibility index (Phi) is 2.30. The van der Waals surface area contributed by atoms with E-state index in [1.54, 1.807) is 0 Å². The Hall–Kier alpha value is -0.530. The first-order valence-corrected chi connectivity index (χ1v) is 3.82. The number of hydrogen-bond donors (Lipinski definition) is 0. The Morgan fingerprint density at radius 1 is 1.50 bits per heavy atom. The van der Waals surface area contributed by atoms with Crippen LogP contribution in [-0.4, -0.2) is 13.1 Å². The molecule has 1 rings (SSSR count). The molecule has 0 aromatic carbocycles. The summed E-state index contributed by atoms with van der Waals surface area (Å²) in [5.74, 6) is 0.883. The van der Waals surface area contributed by atoms with E-state index in [9.17, 15) is 4.79 Å². The highest BCUT2D eigenvalue weighted by Gasteiger charge is 2.27. The maximum absolute atomic E-state index is 10.9. The third kappa shape index (κ3) is 1.49. The van der Waals surface area contributed by atoms with Crippen LogP contribution in [0.5, 0.6) is 0 Å². The summed E-state index contributed by atoms with van der Waals surface area (Å²) in [5, 5.41) is 0. The van der Waals surface area contributed by atoms with E-state index in [1.807, 2.05) is 0 Å². The van der Waals surface area contributed by atoms with Crippen molar-refractivity contribution in [3.05, 3.63) is 0 Å². The average Bonchev–Trinajstić information content (AvgIpc) is 2.34. The number of methoxy groups -OCH3 is 1. The molecule has 0 aromatic heterocycles. The van der Waals surface area contributed by atoms with Crippen LogP contribution in [0.25, 0.3) is 0 Å². The minimum atomic E-state index is -0.0237. The topological polar surface area (TPSA) is 26.3 Å². The van der Waals surface area contributed by atoms with Crippen molar-refractivity contribution in [2.24, 2.45) is 11.8 Å². The summed E-state index contributed by atoms with van der Waals surface area (Å²) in [6.45, 7) is 2.18. The lowest BCUT2D eigenvalue weighted by atomic mass is 10.1. The fourth-order valence-corrected chi connectivity index (χ4v) is 1.59. The Labute approximate surface area is 61.6 Å². The summed E-state index contributed by atoms with van der Waals surface area (Å²) >= 11 is 0. The molecule has 58 valence electrons. The quantitative estimate of drug-likeness (QED) is 0.520. The van der Waals surface area contributed by atoms with Gasteiger partial charge in [0.05, 0.1) is 13.0 Å². The van der Waals surface area contributed by atoms with E-state index >= 15 is 0 Å². The molecule has 0 spiro atoms. The van der Waals surface area contributed by atoms with Gasteiger partial charge in [-0.05, 0) is 25.2 Å². The van der Waals surface area contributed by atoms with E-state index in [4.69, 9.17) is 0 Å². The van der Waals surface area contributed by atoms with Crippen molar-refractivity contribution in [1.29, 1.82) is 0 Å². The maximum Gasteiger partial charge on any atom is 0.308 e. The van der Waals surface area contributed by atoms with Gasteiger partial charge in [-0.25, -0.2) is 0 Å². The highest BCUT2D eigenvalue weighted by Crippen LogP contribution is 2.30. The van der Waals surface area contributed by atoms with E-state index in [2.05, 4.69) is 11.7 Å². The van der Waals surface area contributed by atoms with E-state index in [1.165, 1.54) is 13.5 Å². The maximum atomic E-state index is 10.9. The van der Waals surface area contributed by atoms with Crippen LogP contribution in [0.2, 0.25) is 0 Å². The van der Waals surface area contributed by atoms with E-state index < -0.39 is 0 Å². The van der Waals surface area contributed by atoms with Gasteiger partial charge in [0, 0.05) is 0 Å². The van der Waals surface area contributed by atoms with E-state index in [0.29, 0.717) is 5.92 Å². The largest absolute Gasteiger partial charge is 0.469 e. The van der Waals surface area contributed by atoms with Crippen LogP contribution < -0.4 is 0 Å². The average molecular weight is 142 g/mol. The van der Waals surface area contributed by atoms with Gasteiger partial charge in [-0.15, -0.1) is 0 Å². The molecule has 0 amide bonds. The molecule has 2 nitrogen and oxygen atoms in total. The Bertz CT molecular complexity index is 131. The minimum Gasteiger partial charge on any atom is -0.469 e. The van der Waals surface area contributed by atoms with Gasteiger partial charge in [0.25, 0.3) is 0 Å². The molecule has 10 heavy (non-hydrogen) atoms. The molecule has 0 bridgehead atoms. The van der Waals surface area contributed by atoms with Crippen LogP contribution in [0.4, 0.5) is 0 Å². The van der Waals surface area contributed by atoms with Crippen molar-refractivity contribution >= 4 is 5.97 Å². The van der Waals surface area contributed by atoms with Crippen molar-refractivity contribution in [1.82, 2.24) is 0 Å². The third-order valence-electron chi connectivity index (χ3n) is 2.23. The second kappa shape index (κ2) is 3.04. The molecule has 2 heteroatoms. The van der Waals surface area contributed by atoms with Crippen molar-refractivity contribution in [2.75, 3.05) is 7.11 Å². The number of ether oxygens (including phenoxy) is 1. The second-order valence-corrected chi connectivity index (χ2v) is 3.14. The lowest BCUT2D eigenvalue weighted by Crippen LogP contribution is -2.12. The summed E-state index contributed by atoms with van der Waals surface area (Å²) in [6.07, 6.45) is 3.22. The zero-order chi connectivity index (χ0) is 7.56. The van der Waals surface area contributed by atoms with Gasteiger partial charge in [0.15, 0.2) is 0 Å². The van der Waals surface area contributed by atoms with Crippen molar-refractivity contribution in [2.45, 2.75) is 26.2 Å². The minimum absolute atomic E-state index is 0.0237. The van der Waals surface area contributed by atoms with Crippen LogP contribution >= 0.6 is 0 Å². The molecule has 0 N–H and O–H groups in total. The van der Waals surface area contributed by atoms with Gasteiger partial charge in [0.1, 0.15) is 0 Å². The molecular weight excluding hydrogens is 128 g/mol. The van der Waals surface area contributed by atoms with Crippen LogP contribution in [0, 0.1) is 11.8 Å². The molecule has 1 fully saturated rings. The first kappa shape index (κ1) is 7.58. The smallest absolute Gasteiger partial charge is 0.308 e. The summed E-state index contributed by atoms with van der Waals surface area (Å²) in [5.41, 5.74) is 0. The third-order valence-corrected chi connectivity index (χ3v) is 2.23. The van der Waals surface area contributed by atoms with Gasteiger partial charge in [-0.2, -0.15) is 0 Å². The normalized spacial score (nSPS) is 32.2. The van der Waals surface area contributed by atoms with Crippen LogP contribution in [0.1, 0.15) is 26.2 Å². The van der Waals surface area contributed by atoms with Crippen LogP contribution in [-0.2, 0) is 9.53 Å². The zero-order valence-electron chi connectivity index (χ0n) is 6.59. The molecule has 0 radical (unpaired) electrons. The lowest BCUT2D eigenvalue weighted by molar-refractivity contribution is -0.145. The number of rotatable bonds is 1. The number of carbonyl (C=O) groups excluding carboxylic acids is 1. The molecule has 0 saturated heterocycles. The Morgan fingerprint density at radius 2 is 2.20 bits per heavy atom. The molecule has 1 aliphatic rings. The first-order valence-electron chi connectivity index (χ1n) is 3.82. The summed E-state index contributed by atoms with van der Waals surface area (Å²) in [4.78, 5) is 10.9. The van der Waals surface area contributed by atoms with Crippen LogP contribution in [0.15, 0.2) is 0 Å². The van der Waals surface area contributed by atoms with Gasteiger partial charge < -0.3 is 4.74 Å². The number of carbonyl (C=O) groups is 1. The highest BCUT2D eigenvalue weighted by atomic mass is 16.5. The summed E-state index contributed by atoms with van der Waals surface area (Å²) in [6, 6.07) is 0. The fraction of sp³-hybridized carbons (Fsp3) is 0.875. The zero-order valence-corrected chi connectivity index (χ0v) is 6.59. The van der Waals surface area contributed by atoms with Crippen molar-refractivity contribution in [3.8, 4) is 0 Å². The molecule has 0 unspecified atom stereocenters. The monoisotopic (exact) mass is 142 g/mol. The number of hydrogen-bond acceptors (Lipinski definition) is 2. The first-order chi connectivity index (χ1) is 4.74. The van der Waals surface area contributed by atoms with Gasteiger partial charge >= 0.3 is 5.97 Å². The molecule has 0 aromatic rings. The predicted octanol–water partition coefficient (Wildman–Crippen LogP) is 1.60. The number of esters is 1. The van der Waals surface area contributed by atoms with Crippen molar-refractivity contribution in [3.63, 3.8) is 0 Å². The van der Waals surface area contributed by atoms with Crippen LogP contribution in [0.3, 0.4) is 0 Å². The molecule has 1 aliphatic carbocycles. The van der Waals surface area contributed by atoms with Gasteiger partial charge in [0.2, 0.25) is 0 Å². The highest BCUT2D eigenvalue weighted by molar-refractivity contribution is 5.72. The van der Waals surface area contributed by atoms with Gasteiger partial charge in [-0.3, -0.25) is 4.79 Å². The summed E-state index contributed by atoms with van der Waals surface area (Å²) in [7, 11) is 1.46. The molecule has 0 aliphatic heterocycles. The molecule has 2 atom stereocenters. The predicted molar refractivity (Wildman–Crippen MR) is 38.5 cm³/mol. The van der Waals surface area contributed by atoms with Gasteiger partial charge in [-0.1, -0.05) is 6.92 Å². The Balaban J connectivity index is 2.37. The molecular formula is C8H14O2. The van der Waals surface area contributed by atoms with E-state index in [0.717, 1.165) is 12.8 Å². The SMILES string of the molecule is COC(=O)[C@@H]1CC[C@H](C)C1. The standard InChI is InChI=1S/C8H14O2/c1-6-3-4-7(5-6)8(9)10-2/h6-7H,3-5H2,1-2H3/t6-,7+/m0/s1. The molecule has 0 heterocycles. The summed E-state index contributed by atoms with van der Waals surface area (Å²) < 4.78 is 4.64. The van der Waals surface area contributed by atoms with E-state index in [-0.39, 0.29) is 11.9 Å².